The molecule has 1 atom stereocenters. The molecule has 2 aromatic carbocycles. The minimum atomic E-state index is -1.26. The van der Waals surface area contributed by atoms with Gasteiger partial charge in [-0.25, -0.2) is 0 Å². The largest absolute Gasteiger partial charge is 0.374 e. The Labute approximate surface area is 122 Å². The number of rotatable bonds is 2. The third-order valence-electron chi connectivity index (χ3n) is 2.97. The van der Waals surface area contributed by atoms with Crippen molar-refractivity contribution in [3.63, 3.8) is 0 Å². The average Bonchev–Trinajstić information content (AvgIpc) is 2.39. The Kier molecular flexibility index (Phi) is 3.87. The second-order valence-electron chi connectivity index (χ2n) is 4.42. The molecule has 0 fully saturated rings. The van der Waals surface area contributed by atoms with Gasteiger partial charge in [-0.3, -0.25) is 0 Å². The summed E-state index contributed by atoms with van der Waals surface area (Å²) in [5.74, 6) is 2.35. The molecule has 96 valence electrons. The number of hydrogen-bond donors (Lipinski definition) is 1. The van der Waals surface area contributed by atoms with Gasteiger partial charge in [0, 0.05) is 15.6 Å². The van der Waals surface area contributed by atoms with Crippen molar-refractivity contribution in [1.29, 1.82) is 0 Å². The average molecular weight is 291 g/mol. The topological polar surface area (TPSA) is 20.2 Å². The van der Waals surface area contributed by atoms with E-state index < -0.39 is 5.60 Å². The maximum atomic E-state index is 9.97. The second kappa shape index (κ2) is 5.27. The van der Waals surface area contributed by atoms with Crippen LogP contribution in [0.2, 0.25) is 10.0 Å². The Morgan fingerprint density at radius 1 is 1.11 bits per heavy atom. The number of aliphatic hydroxyl groups is 1. The van der Waals surface area contributed by atoms with Crippen molar-refractivity contribution in [2.75, 3.05) is 0 Å². The maximum absolute atomic E-state index is 9.97. The van der Waals surface area contributed by atoms with Crippen LogP contribution in [0.3, 0.4) is 0 Å². The lowest BCUT2D eigenvalue weighted by Crippen LogP contribution is -2.17. The van der Waals surface area contributed by atoms with Crippen molar-refractivity contribution >= 4 is 23.2 Å². The zero-order valence-electron chi connectivity index (χ0n) is 10.3. The molecule has 0 aliphatic heterocycles. The van der Waals surface area contributed by atoms with Gasteiger partial charge in [0.1, 0.15) is 5.60 Å². The second-order valence-corrected chi connectivity index (χ2v) is 5.26. The lowest BCUT2D eigenvalue weighted by atomic mass is 9.94. The molecule has 0 aliphatic rings. The highest BCUT2D eigenvalue weighted by molar-refractivity contribution is 6.36. The first-order chi connectivity index (χ1) is 8.94. The lowest BCUT2D eigenvalue weighted by Gasteiger charge is -2.17. The molecule has 0 spiro atoms. The summed E-state index contributed by atoms with van der Waals surface area (Å²) in [5.41, 5.74) is 1.24. The third-order valence-corrected chi connectivity index (χ3v) is 3.52. The van der Waals surface area contributed by atoms with Crippen LogP contribution in [0.25, 0.3) is 11.1 Å². The van der Waals surface area contributed by atoms with Crippen LogP contribution in [0.1, 0.15) is 12.5 Å². The first-order valence-corrected chi connectivity index (χ1v) is 6.46. The molecule has 1 N–H and O–H groups in total. The van der Waals surface area contributed by atoms with Crippen molar-refractivity contribution in [2.24, 2.45) is 0 Å². The fourth-order valence-corrected chi connectivity index (χ4v) is 2.30. The summed E-state index contributed by atoms with van der Waals surface area (Å²) < 4.78 is 0. The quantitative estimate of drug-likeness (QED) is 0.808. The van der Waals surface area contributed by atoms with Gasteiger partial charge < -0.3 is 5.11 Å². The molecule has 0 radical (unpaired) electrons. The van der Waals surface area contributed by atoms with Crippen molar-refractivity contribution in [3.8, 4) is 23.5 Å². The fourth-order valence-electron chi connectivity index (χ4n) is 1.78. The Balaban J connectivity index is 2.41. The van der Waals surface area contributed by atoms with Crippen LogP contribution >= 0.6 is 23.2 Å². The molecule has 2 aromatic rings. The molecule has 0 aromatic heterocycles. The van der Waals surface area contributed by atoms with Crippen molar-refractivity contribution in [3.05, 3.63) is 58.1 Å². The first kappa shape index (κ1) is 14.0. The number of hydrogen-bond acceptors (Lipinski definition) is 1. The van der Waals surface area contributed by atoms with Gasteiger partial charge in [0.2, 0.25) is 0 Å². The molecule has 3 heteroatoms. The fraction of sp³-hybridized carbons (Fsp3) is 0.125. The van der Waals surface area contributed by atoms with Gasteiger partial charge >= 0.3 is 0 Å². The van der Waals surface area contributed by atoms with E-state index in [1.54, 1.807) is 31.2 Å². The molecule has 1 unspecified atom stereocenters. The third kappa shape index (κ3) is 2.93. The molecule has 0 amide bonds. The Hall–Kier alpha value is -1.46. The lowest BCUT2D eigenvalue weighted by molar-refractivity contribution is 0.122. The summed E-state index contributed by atoms with van der Waals surface area (Å²) in [6.45, 7) is 1.58. The summed E-state index contributed by atoms with van der Waals surface area (Å²) in [5, 5.41) is 11.2. The van der Waals surface area contributed by atoms with E-state index in [0.29, 0.717) is 15.6 Å². The van der Waals surface area contributed by atoms with Crippen molar-refractivity contribution < 1.29 is 5.11 Å². The number of terminal acetylenes is 1. The van der Waals surface area contributed by atoms with Gasteiger partial charge in [-0.2, -0.15) is 0 Å². The monoisotopic (exact) mass is 290 g/mol. The van der Waals surface area contributed by atoms with E-state index >= 15 is 0 Å². The predicted molar refractivity (Wildman–Crippen MR) is 80.3 cm³/mol. The minimum Gasteiger partial charge on any atom is -0.374 e. The SMILES string of the molecule is C#CC(C)(O)c1ccc(-c2ccc(Cl)cc2Cl)cc1. The Bertz CT molecular complexity index is 637. The van der Waals surface area contributed by atoms with Gasteiger partial charge in [-0.05, 0) is 30.2 Å². The Morgan fingerprint density at radius 2 is 1.74 bits per heavy atom. The van der Waals surface area contributed by atoms with Crippen LogP contribution in [0, 0.1) is 12.3 Å². The smallest absolute Gasteiger partial charge is 0.147 e. The molecular formula is C16H12Cl2O. The van der Waals surface area contributed by atoms with E-state index in [9.17, 15) is 5.11 Å². The number of benzene rings is 2. The molecule has 0 saturated heterocycles. The molecule has 19 heavy (non-hydrogen) atoms. The highest BCUT2D eigenvalue weighted by Gasteiger charge is 2.19. The molecule has 0 heterocycles. The van der Waals surface area contributed by atoms with Gasteiger partial charge in [-0.15, -0.1) is 6.42 Å². The van der Waals surface area contributed by atoms with Crippen molar-refractivity contribution in [1.82, 2.24) is 0 Å². The van der Waals surface area contributed by atoms with Crippen LogP contribution in [0.5, 0.6) is 0 Å². The molecule has 0 bridgehead atoms. The summed E-state index contributed by atoms with van der Waals surface area (Å²) >= 11 is 12.0. The van der Waals surface area contributed by atoms with Crippen LogP contribution in [-0.4, -0.2) is 5.11 Å². The van der Waals surface area contributed by atoms with E-state index in [4.69, 9.17) is 29.6 Å². The standard InChI is InChI=1S/C16H12Cl2O/c1-3-16(2,19)12-6-4-11(5-7-12)14-9-8-13(17)10-15(14)18/h1,4-10,19H,2H3. The van der Waals surface area contributed by atoms with Crippen LogP contribution in [-0.2, 0) is 5.60 Å². The normalized spacial score (nSPS) is 13.6. The van der Waals surface area contributed by atoms with Gasteiger partial charge in [0.25, 0.3) is 0 Å². The van der Waals surface area contributed by atoms with E-state index in [1.807, 2.05) is 18.2 Å². The zero-order chi connectivity index (χ0) is 14.0. The van der Waals surface area contributed by atoms with Crippen LogP contribution in [0.15, 0.2) is 42.5 Å². The summed E-state index contributed by atoms with van der Waals surface area (Å²) in [6.07, 6.45) is 5.29. The van der Waals surface area contributed by atoms with Crippen LogP contribution in [0.4, 0.5) is 0 Å². The van der Waals surface area contributed by atoms with Gasteiger partial charge in [0.15, 0.2) is 0 Å². The summed E-state index contributed by atoms with van der Waals surface area (Å²) in [4.78, 5) is 0. The highest BCUT2D eigenvalue weighted by Crippen LogP contribution is 2.31. The highest BCUT2D eigenvalue weighted by atomic mass is 35.5. The van der Waals surface area contributed by atoms with E-state index in [2.05, 4.69) is 5.92 Å². The molecule has 1 nitrogen and oxygen atoms in total. The Morgan fingerprint density at radius 3 is 2.26 bits per heavy atom. The van der Waals surface area contributed by atoms with Crippen LogP contribution < -0.4 is 0 Å². The van der Waals surface area contributed by atoms with E-state index in [0.717, 1.165) is 11.1 Å². The molecule has 0 aliphatic carbocycles. The maximum Gasteiger partial charge on any atom is 0.147 e. The predicted octanol–water partition coefficient (Wildman–Crippen LogP) is 4.50. The summed E-state index contributed by atoms with van der Waals surface area (Å²) in [7, 11) is 0. The number of halogens is 2. The molecular weight excluding hydrogens is 279 g/mol. The van der Waals surface area contributed by atoms with Crippen molar-refractivity contribution in [2.45, 2.75) is 12.5 Å². The van der Waals surface area contributed by atoms with Gasteiger partial charge in [-0.1, -0.05) is 59.5 Å². The molecule has 2 rings (SSSR count). The summed E-state index contributed by atoms with van der Waals surface area (Å²) in [6, 6.07) is 12.7. The van der Waals surface area contributed by atoms with E-state index in [-0.39, 0.29) is 0 Å². The van der Waals surface area contributed by atoms with E-state index in [1.165, 1.54) is 0 Å². The first-order valence-electron chi connectivity index (χ1n) is 5.70. The molecule has 0 saturated carbocycles. The minimum absolute atomic E-state index is 0.587. The zero-order valence-corrected chi connectivity index (χ0v) is 11.8. The van der Waals surface area contributed by atoms with Gasteiger partial charge in [0.05, 0.1) is 0 Å².